The molecule has 2 aromatic rings. The standard InChI is InChI=1S/C10H7Cl.Zn/c11-10-7-3-5-8-4-1-2-6-9(8)10;/h1-7H;. The number of hydrogen-bond acceptors (Lipinski definition) is 0. The Morgan fingerprint density at radius 2 is 1.50 bits per heavy atom. The number of halogens is 1. The molecule has 0 unspecified atom stereocenters. The molecule has 0 nitrogen and oxygen atoms in total. The maximum absolute atomic E-state index is 5.96. The quantitative estimate of drug-likeness (QED) is 0.605. The van der Waals surface area contributed by atoms with Gasteiger partial charge in [0.25, 0.3) is 0 Å². The van der Waals surface area contributed by atoms with Gasteiger partial charge in [-0.25, -0.2) is 0 Å². The smallest absolute Gasteiger partial charge is 0.0484 e. The average Bonchev–Trinajstić information content (AvgIpc) is 2.06. The van der Waals surface area contributed by atoms with Crippen LogP contribution in [-0.4, -0.2) is 0 Å². The summed E-state index contributed by atoms with van der Waals surface area (Å²) in [7, 11) is 0. The second-order valence-electron chi connectivity index (χ2n) is 2.46. The van der Waals surface area contributed by atoms with Gasteiger partial charge in [0.15, 0.2) is 0 Å². The zero-order valence-corrected chi connectivity index (χ0v) is 10.3. The van der Waals surface area contributed by atoms with E-state index >= 15 is 0 Å². The predicted octanol–water partition coefficient (Wildman–Crippen LogP) is 3.49. The van der Waals surface area contributed by atoms with Crippen molar-refractivity contribution < 1.29 is 19.5 Å². The summed E-state index contributed by atoms with van der Waals surface area (Å²) in [6.45, 7) is 0. The summed E-state index contributed by atoms with van der Waals surface area (Å²) in [6.07, 6.45) is 0. The molecule has 12 heavy (non-hydrogen) atoms. The topological polar surface area (TPSA) is 0 Å². The van der Waals surface area contributed by atoms with Crippen molar-refractivity contribution >= 4 is 22.4 Å². The second kappa shape index (κ2) is 4.02. The molecule has 0 amide bonds. The van der Waals surface area contributed by atoms with Crippen molar-refractivity contribution in [1.29, 1.82) is 0 Å². The van der Waals surface area contributed by atoms with Crippen LogP contribution in [0.5, 0.6) is 0 Å². The van der Waals surface area contributed by atoms with E-state index in [-0.39, 0.29) is 19.5 Å². The van der Waals surface area contributed by atoms with Crippen LogP contribution < -0.4 is 0 Å². The normalized spacial score (nSPS) is 9.42. The molecule has 2 heteroatoms. The first-order valence-corrected chi connectivity index (χ1v) is 3.89. The van der Waals surface area contributed by atoms with Crippen molar-refractivity contribution in [2.75, 3.05) is 0 Å². The molecule has 0 aliphatic rings. The maximum Gasteiger partial charge on any atom is 0.0484 e. The summed E-state index contributed by atoms with van der Waals surface area (Å²) < 4.78 is 0. The van der Waals surface area contributed by atoms with E-state index in [0.29, 0.717) is 0 Å². The van der Waals surface area contributed by atoms with Crippen molar-refractivity contribution in [2.24, 2.45) is 0 Å². The van der Waals surface area contributed by atoms with E-state index in [1.807, 2.05) is 30.3 Å². The van der Waals surface area contributed by atoms with Gasteiger partial charge in [-0.2, -0.15) is 0 Å². The van der Waals surface area contributed by atoms with Crippen LogP contribution in [0.15, 0.2) is 42.5 Å². The van der Waals surface area contributed by atoms with Gasteiger partial charge in [0, 0.05) is 29.9 Å². The summed E-state index contributed by atoms with van der Waals surface area (Å²) in [5.41, 5.74) is 0. The zero-order chi connectivity index (χ0) is 7.68. The summed E-state index contributed by atoms with van der Waals surface area (Å²) in [5, 5.41) is 3.14. The number of rotatable bonds is 0. The summed E-state index contributed by atoms with van der Waals surface area (Å²) in [5.74, 6) is 0. The molecule has 0 aromatic heterocycles. The molecule has 0 aliphatic heterocycles. The molecular formula is C10H7ClZn. The fraction of sp³-hybridized carbons (Fsp3) is 0. The van der Waals surface area contributed by atoms with Crippen LogP contribution in [0.25, 0.3) is 10.8 Å². The number of hydrogen-bond donors (Lipinski definition) is 0. The third kappa shape index (κ3) is 1.68. The predicted molar refractivity (Wildman–Crippen MR) is 49.0 cm³/mol. The van der Waals surface area contributed by atoms with E-state index in [2.05, 4.69) is 12.1 Å². The second-order valence-corrected chi connectivity index (χ2v) is 2.87. The Kier molecular flexibility index (Phi) is 3.25. The molecule has 0 atom stereocenters. The van der Waals surface area contributed by atoms with Gasteiger partial charge < -0.3 is 0 Å². The fourth-order valence-corrected chi connectivity index (χ4v) is 1.43. The minimum Gasteiger partial charge on any atom is -0.0837 e. The van der Waals surface area contributed by atoms with Crippen LogP contribution in [0.3, 0.4) is 0 Å². The molecular weight excluding hydrogens is 221 g/mol. The van der Waals surface area contributed by atoms with Crippen molar-refractivity contribution in [3.63, 3.8) is 0 Å². The molecule has 56 valence electrons. The Morgan fingerprint density at radius 3 is 2.25 bits per heavy atom. The van der Waals surface area contributed by atoms with E-state index in [4.69, 9.17) is 11.6 Å². The average molecular weight is 228 g/mol. The molecule has 0 radical (unpaired) electrons. The first-order chi connectivity index (χ1) is 5.38. The van der Waals surface area contributed by atoms with Gasteiger partial charge in [-0.3, -0.25) is 0 Å². The van der Waals surface area contributed by atoms with E-state index in [1.54, 1.807) is 0 Å². The first kappa shape index (κ1) is 9.70. The van der Waals surface area contributed by atoms with Gasteiger partial charge in [-0.05, 0) is 11.5 Å². The van der Waals surface area contributed by atoms with Gasteiger partial charge in [-0.15, -0.1) is 0 Å². The zero-order valence-electron chi connectivity index (χ0n) is 6.63. The minimum atomic E-state index is 0. The minimum absolute atomic E-state index is 0. The third-order valence-corrected chi connectivity index (χ3v) is 2.07. The Balaban J connectivity index is 0.000000720. The molecule has 0 heterocycles. The number of fused-ring (bicyclic) bond motifs is 1. The molecule has 0 saturated carbocycles. The van der Waals surface area contributed by atoms with E-state index in [9.17, 15) is 0 Å². The van der Waals surface area contributed by atoms with Crippen LogP contribution in [-0.2, 0) is 19.5 Å². The van der Waals surface area contributed by atoms with Crippen LogP contribution in [0.2, 0.25) is 5.02 Å². The monoisotopic (exact) mass is 226 g/mol. The summed E-state index contributed by atoms with van der Waals surface area (Å²) >= 11 is 5.96. The molecule has 2 rings (SSSR count). The van der Waals surface area contributed by atoms with E-state index in [1.165, 1.54) is 5.39 Å². The summed E-state index contributed by atoms with van der Waals surface area (Å²) in [4.78, 5) is 0. The number of benzene rings is 2. The summed E-state index contributed by atoms with van der Waals surface area (Å²) in [6, 6.07) is 14.0. The van der Waals surface area contributed by atoms with E-state index < -0.39 is 0 Å². The maximum atomic E-state index is 5.96. The Hall–Kier alpha value is -0.387. The van der Waals surface area contributed by atoms with Gasteiger partial charge in [-0.1, -0.05) is 48.0 Å². The van der Waals surface area contributed by atoms with Crippen LogP contribution in [0.1, 0.15) is 0 Å². The SMILES string of the molecule is Clc1cccc2ccccc12.[Zn]. The van der Waals surface area contributed by atoms with Gasteiger partial charge in [0.05, 0.1) is 0 Å². The van der Waals surface area contributed by atoms with Crippen molar-refractivity contribution in [3.8, 4) is 0 Å². The Morgan fingerprint density at radius 1 is 0.833 bits per heavy atom. The Bertz CT molecular complexity index is 379. The van der Waals surface area contributed by atoms with Crippen molar-refractivity contribution in [3.05, 3.63) is 47.5 Å². The molecule has 0 aliphatic carbocycles. The molecule has 0 spiro atoms. The van der Waals surface area contributed by atoms with Crippen molar-refractivity contribution in [1.82, 2.24) is 0 Å². The van der Waals surface area contributed by atoms with Crippen molar-refractivity contribution in [2.45, 2.75) is 0 Å². The van der Waals surface area contributed by atoms with E-state index in [0.717, 1.165) is 10.4 Å². The largest absolute Gasteiger partial charge is 0.0837 e. The Labute approximate surface area is 89.3 Å². The van der Waals surface area contributed by atoms with Gasteiger partial charge >= 0.3 is 0 Å². The molecule has 0 N–H and O–H groups in total. The fourth-order valence-electron chi connectivity index (χ4n) is 1.19. The molecule has 0 fully saturated rings. The third-order valence-electron chi connectivity index (χ3n) is 1.74. The van der Waals surface area contributed by atoms with Gasteiger partial charge in [0.1, 0.15) is 0 Å². The van der Waals surface area contributed by atoms with Crippen LogP contribution >= 0.6 is 11.6 Å². The van der Waals surface area contributed by atoms with Gasteiger partial charge in [0.2, 0.25) is 0 Å². The molecule has 0 bridgehead atoms. The first-order valence-electron chi connectivity index (χ1n) is 3.51. The molecule has 0 saturated heterocycles. The molecule has 2 aromatic carbocycles. The van der Waals surface area contributed by atoms with Crippen LogP contribution in [0.4, 0.5) is 0 Å². The van der Waals surface area contributed by atoms with Crippen LogP contribution in [0, 0.1) is 0 Å².